The van der Waals surface area contributed by atoms with Gasteiger partial charge in [-0.15, -0.1) is 0 Å². The van der Waals surface area contributed by atoms with Crippen molar-refractivity contribution >= 4 is 35.2 Å². The predicted molar refractivity (Wildman–Crippen MR) is 122 cm³/mol. The zero-order chi connectivity index (χ0) is 22.9. The third kappa shape index (κ3) is 7.25. The van der Waals surface area contributed by atoms with Crippen molar-refractivity contribution in [3.05, 3.63) is 101 Å². The molecule has 0 radical (unpaired) electrons. The number of benzene rings is 3. The van der Waals surface area contributed by atoms with Crippen LogP contribution in [0.1, 0.15) is 18.1 Å². The number of amides is 1. The van der Waals surface area contributed by atoms with Crippen LogP contribution in [0.5, 0.6) is 5.75 Å². The largest absolute Gasteiger partial charge is 0.489 e. The molecule has 1 unspecified atom stereocenters. The quantitative estimate of drug-likeness (QED) is 0.354. The monoisotopic (exact) mass is 453 g/mol. The number of anilines is 1. The second kappa shape index (κ2) is 11.1. The lowest BCUT2D eigenvalue weighted by Crippen LogP contribution is -2.29. The van der Waals surface area contributed by atoms with Crippen LogP contribution in [-0.4, -0.2) is 18.0 Å². The summed E-state index contributed by atoms with van der Waals surface area (Å²) in [5, 5.41) is 3.23. The molecule has 5 nitrogen and oxygen atoms in total. The van der Waals surface area contributed by atoms with Crippen LogP contribution < -0.4 is 10.1 Å². The number of rotatable bonds is 8. The molecule has 3 aromatic rings. The molecule has 0 saturated carbocycles. The lowest BCUT2D eigenvalue weighted by atomic mass is 10.2. The Labute approximate surface area is 190 Å². The highest BCUT2D eigenvalue weighted by atomic mass is 35.5. The van der Waals surface area contributed by atoms with Crippen LogP contribution in [0.15, 0.2) is 78.9 Å². The van der Waals surface area contributed by atoms with Gasteiger partial charge in [0.05, 0.1) is 0 Å². The lowest BCUT2D eigenvalue weighted by molar-refractivity contribution is -0.148. The van der Waals surface area contributed by atoms with Crippen molar-refractivity contribution in [2.75, 3.05) is 5.32 Å². The molecule has 3 rings (SSSR count). The van der Waals surface area contributed by atoms with Gasteiger partial charge in [-0.2, -0.15) is 0 Å². The molecule has 0 fully saturated rings. The summed E-state index contributed by atoms with van der Waals surface area (Å²) in [7, 11) is 0. The van der Waals surface area contributed by atoms with Gasteiger partial charge in [0, 0.05) is 16.8 Å². The highest BCUT2D eigenvalue weighted by Gasteiger charge is 2.16. The molecule has 0 heterocycles. The molecule has 0 aromatic heterocycles. The maximum atomic E-state index is 12.9. The Kier molecular flexibility index (Phi) is 8.00. The van der Waals surface area contributed by atoms with Crippen LogP contribution >= 0.6 is 11.6 Å². The molecule has 0 spiro atoms. The molecule has 164 valence electrons. The van der Waals surface area contributed by atoms with Crippen molar-refractivity contribution in [3.63, 3.8) is 0 Å². The fraction of sp³-hybridized carbons (Fsp3) is 0.120. The SMILES string of the molecule is CC(OC(=O)/C=C/c1ccc(OCc2ccc(Cl)cc2)cc1)C(=O)Nc1ccc(F)cc1. The molecule has 3 aromatic carbocycles. The zero-order valence-corrected chi connectivity index (χ0v) is 18.0. The summed E-state index contributed by atoms with van der Waals surface area (Å²) >= 11 is 5.87. The van der Waals surface area contributed by atoms with Crippen molar-refractivity contribution in [1.29, 1.82) is 0 Å². The van der Waals surface area contributed by atoms with Gasteiger partial charge in [-0.3, -0.25) is 4.79 Å². The third-order valence-corrected chi connectivity index (χ3v) is 4.64. The minimum absolute atomic E-state index is 0.409. The standard InChI is InChI=1S/C25H21ClFNO4/c1-17(25(30)28-22-11-9-21(27)10-12-22)32-24(29)15-6-18-4-13-23(14-5-18)31-16-19-2-7-20(26)8-3-19/h2-15,17H,16H2,1H3,(H,28,30)/b15-6+. The Morgan fingerprint density at radius 1 is 1.00 bits per heavy atom. The van der Waals surface area contributed by atoms with Gasteiger partial charge in [0.15, 0.2) is 6.10 Å². The van der Waals surface area contributed by atoms with E-state index in [4.69, 9.17) is 21.1 Å². The van der Waals surface area contributed by atoms with Gasteiger partial charge in [-0.25, -0.2) is 9.18 Å². The summed E-state index contributed by atoms with van der Waals surface area (Å²) in [4.78, 5) is 24.1. The fourth-order valence-corrected chi connectivity index (χ4v) is 2.76. The number of ether oxygens (including phenoxy) is 2. The Morgan fingerprint density at radius 3 is 2.31 bits per heavy atom. The van der Waals surface area contributed by atoms with Crippen molar-refractivity contribution in [1.82, 2.24) is 0 Å². The molecular weight excluding hydrogens is 433 g/mol. The number of carbonyl (C=O) groups is 2. The second-order valence-corrected chi connectivity index (χ2v) is 7.33. The Morgan fingerprint density at radius 2 is 1.66 bits per heavy atom. The van der Waals surface area contributed by atoms with E-state index >= 15 is 0 Å². The van der Waals surface area contributed by atoms with E-state index in [9.17, 15) is 14.0 Å². The van der Waals surface area contributed by atoms with Gasteiger partial charge < -0.3 is 14.8 Å². The van der Waals surface area contributed by atoms with E-state index in [-0.39, 0.29) is 0 Å². The number of halogens is 2. The smallest absolute Gasteiger partial charge is 0.331 e. The molecular formula is C25H21ClFNO4. The summed E-state index contributed by atoms with van der Waals surface area (Å²) in [5.41, 5.74) is 2.18. The first-order valence-corrected chi connectivity index (χ1v) is 10.2. The average Bonchev–Trinajstić information content (AvgIpc) is 2.79. The second-order valence-electron chi connectivity index (χ2n) is 6.89. The van der Waals surface area contributed by atoms with Gasteiger partial charge in [0.25, 0.3) is 5.91 Å². The summed E-state index contributed by atoms with van der Waals surface area (Å²) in [6.07, 6.45) is 1.81. The summed E-state index contributed by atoms with van der Waals surface area (Å²) < 4.78 is 23.7. The van der Waals surface area contributed by atoms with Crippen LogP contribution in [-0.2, 0) is 20.9 Å². The van der Waals surface area contributed by atoms with Crippen LogP contribution in [0, 0.1) is 5.82 Å². The molecule has 0 saturated heterocycles. The van der Waals surface area contributed by atoms with E-state index in [1.165, 1.54) is 37.3 Å². The maximum absolute atomic E-state index is 12.9. The molecule has 32 heavy (non-hydrogen) atoms. The van der Waals surface area contributed by atoms with E-state index < -0.39 is 23.8 Å². The minimum atomic E-state index is -1.01. The van der Waals surface area contributed by atoms with E-state index in [1.54, 1.807) is 42.5 Å². The van der Waals surface area contributed by atoms with Crippen molar-refractivity contribution < 1.29 is 23.5 Å². The first-order valence-electron chi connectivity index (χ1n) is 9.81. The Balaban J connectivity index is 1.46. The van der Waals surface area contributed by atoms with Gasteiger partial charge >= 0.3 is 5.97 Å². The molecule has 0 aliphatic rings. The normalized spacial score (nSPS) is 11.7. The van der Waals surface area contributed by atoms with Crippen molar-refractivity contribution in [2.45, 2.75) is 19.6 Å². The Hall–Kier alpha value is -3.64. The van der Waals surface area contributed by atoms with E-state index in [2.05, 4.69) is 5.32 Å². The van der Waals surface area contributed by atoms with Crippen LogP contribution in [0.25, 0.3) is 6.08 Å². The maximum Gasteiger partial charge on any atom is 0.331 e. The number of nitrogens with one attached hydrogen (secondary N) is 1. The summed E-state index contributed by atoms with van der Waals surface area (Å²) in [5.74, 6) is -0.894. The van der Waals surface area contributed by atoms with Crippen molar-refractivity contribution in [2.24, 2.45) is 0 Å². The van der Waals surface area contributed by atoms with Crippen LogP contribution in [0.2, 0.25) is 5.02 Å². The predicted octanol–water partition coefficient (Wildman–Crippen LogP) is 5.64. The first-order chi connectivity index (χ1) is 15.4. The minimum Gasteiger partial charge on any atom is -0.489 e. The zero-order valence-electron chi connectivity index (χ0n) is 17.3. The van der Waals surface area contributed by atoms with Gasteiger partial charge in [-0.05, 0) is 72.7 Å². The molecule has 1 atom stereocenters. The van der Waals surface area contributed by atoms with E-state index in [0.29, 0.717) is 23.1 Å². The summed E-state index contributed by atoms with van der Waals surface area (Å²) in [6.45, 7) is 1.87. The Bertz CT molecular complexity index is 1080. The van der Waals surface area contributed by atoms with Gasteiger partial charge in [0.2, 0.25) is 0 Å². The highest BCUT2D eigenvalue weighted by Crippen LogP contribution is 2.16. The van der Waals surface area contributed by atoms with Crippen LogP contribution in [0.4, 0.5) is 10.1 Å². The summed E-state index contributed by atoms with van der Waals surface area (Å²) in [6, 6.07) is 19.9. The lowest BCUT2D eigenvalue weighted by Gasteiger charge is -2.12. The first kappa shape index (κ1) is 23.0. The molecule has 0 aliphatic carbocycles. The molecule has 1 N–H and O–H groups in total. The number of esters is 1. The highest BCUT2D eigenvalue weighted by molar-refractivity contribution is 6.30. The van der Waals surface area contributed by atoms with Gasteiger partial charge in [-0.1, -0.05) is 35.9 Å². The van der Waals surface area contributed by atoms with Crippen LogP contribution in [0.3, 0.4) is 0 Å². The average molecular weight is 454 g/mol. The van der Waals surface area contributed by atoms with Gasteiger partial charge in [0.1, 0.15) is 18.2 Å². The topological polar surface area (TPSA) is 64.6 Å². The number of carbonyl (C=O) groups excluding carboxylic acids is 2. The fourth-order valence-electron chi connectivity index (χ4n) is 2.63. The number of hydrogen-bond donors (Lipinski definition) is 1. The number of hydrogen-bond acceptors (Lipinski definition) is 4. The van der Waals surface area contributed by atoms with Crippen molar-refractivity contribution in [3.8, 4) is 5.75 Å². The van der Waals surface area contributed by atoms with E-state index in [1.807, 2.05) is 12.1 Å². The molecule has 0 aliphatic heterocycles. The third-order valence-electron chi connectivity index (χ3n) is 4.38. The van der Waals surface area contributed by atoms with E-state index in [0.717, 1.165) is 11.1 Å². The molecule has 1 amide bonds. The molecule has 0 bridgehead atoms. The molecule has 7 heteroatoms.